The summed E-state index contributed by atoms with van der Waals surface area (Å²) in [4.78, 5) is 15.2. The van der Waals surface area contributed by atoms with E-state index in [0.29, 0.717) is 17.5 Å². The van der Waals surface area contributed by atoms with E-state index in [-0.39, 0.29) is 0 Å². The molecule has 0 bridgehead atoms. The Morgan fingerprint density at radius 1 is 0.333 bits per heavy atom. The number of para-hydroxylation sites is 2. The Kier molecular flexibility index (Phi) is 6.83. The summed E-state index contributed by atoms with van der Waals surface area (Å²) in [6.45, 7) is 0. The maximum Gasteiger partial charge on any atom is 0.164 e. The Bertz CT molecular complexity index is 3410. The second-order valence-corrected chi connectivity index (χ2v) is 14.3. The van der Waals surface area contributed by atoms with Gasteiger partial charge in [-0.15, -0.1) is 0 Å². The van der Waals surface area contributed by atoms with Crippen LogP contribution in [0.3, 0.4) is 0 Å². The molecular weight excluding hydrogens is 701 g/mol. The number of rotatable bonds is 5. The molecule has 0 amide bonds. The van der Waals surface area contributed by atoms with Crippen LogP contribution in [-0.2, 0) is 0 Å². The van der Waals surface area contributed by atoms with Crippen molar-refractivity contribution in [3.63, 3.8) is 0 Å². The summed E-state index contributed by atoms with van der Waals surface area (Å²) >= 11 is 0. The molecule has 0 atom stereocenters. The second kappa shape index (κ2) is 12.3. The van der Waals surface area contributed by atoms with E-state index in [2.05, 4.69) is 108 Å². The topological polar surface area (TPSA) is 69.9 Å². The first-order valence-electron chi connectivity index (χ1n) is 19.0. The van der Waals surface area contributed by atoms with Crippen molar-refractivity contribution >= 4 is 65.7 Å². The molecule has 0 aliphatic carbocycles. The second-order valence-electron chi connectivity index (χ2n) is 14.3. The fraction of sp³-hybridized carbons (Fsp3) is 0. The number of hydrogen-bond donors (Lipinski definition) is 0. The van der Waals surface area contributed by atoms with Crippen molar-refractivity contribution < 1.29 is 8.83 Å². The maximum atomic E-state index is 6.64. The van der Waals surface area contributed by atoms with Gasteiger partial charge in [0.2, 0.25) is 0 Å². The van der Waals surface area contributed by atoms with Crippen LogP contribution in [0.25, 0.3) is 117 Å². The highest BCUT2D eigenvalue weighted by Crippen LogP contribution is 2.45. The smallest absolute Gasteiger partial charge is 0.164 e. The van der Waals surface area contributed by atoms with Crippen molar-refractivity contribution in [2.75, 3.05) is 0 Å². The van der Waals surface area contributed by atoms with Crippen molar-refractivity contribution in [3.05, 3.63) is 182 Å². The Morgan fingerprint density at radius 2 is 0.807 bits per heavy atom. The van der Waals surface area contributed by atoms with Crippen molar-refractivity contribution in [2.24, 2.45) is 0 Å². The van der Waals surface area contributed by atoms with Gasteiger partial charge in [-0.05, 0) is 59.7 Å². The van der Waals surface area contributed by atoms with E-state index in [9.17, 15) is 0 Å². The van der Waals surface area contributed by atoms with Gasteiger partial charge in [0.15, 0.2) is 17.5 Å². The molecule has 12 aromatic rings. The molecule has 0 radical (unpaired) electrons. The molecule has 0 spiro atoms. The molecular formula is C51H30N4O2. The molecule has 0 aliphatic rings. The minimum atomic E-state index is 0.577. The fourth-order valence-electron chi connectivity index (χ4n) is 8.59. The lowest BCUT2D eigenvalue weighted by Gasteiger charge is -2.11. The summed E-state index contributed by atoms with van der Waals surface area (Å²) in [6.07, 6.45) is 0. The van der Waals surface area contributed by atoms with Gasteiger partial charge in [0.1, 0.15) is 22.3 Å². The molecule has 0 fully saturated rings. The molecule has 0 saturated heterocycles. The first-order valence-corrected chi connectivity index (χ1v) is 19.0. The third kappa shape index (κ3) is 4.87. The van der Waals surface area contributed by atoms with E-state index in [1.807, 2.05) is 78.9 Å². The normalized spacial score (nSPS) is 11.9. The van der Waals surface area contributed by atoms with Crippen molar-refractivity contribution in [3.8, 4) is 51.0 Å². The van der Waals surface area contributed by atoms with Crippen LogP contribution in [0.5, 0.6) is 0 Å². The number of nitrogens with zero attached hydrogens (tertiary/aromatic N) is 4. The van der Waals surface area contributed by atoms with Crippen molar-refractivity contribution in [2.45, 2.75) is 0 Å². The lowest BCUT2D eigenvalue weighted by Crippen LogP contribution is -2.00. The summed E-state index contributed by atoms with van der Waals surface area (Å²) in [5, 5.41) is 6.49. The van der Waals surface area contributed by atoms with Crippen LogP contribution < -0.4 is 0 Å². The molecule has 4 heterocycles. The Labute approximate surface area is 325 Å². The fourth-order valence-corrected chi connectivity index (χ4v) is 8.59. The van der Waals surface area contributed by atoms with Gasteiger partial charge < -0.3 is 13.4 Å². The first kappa shape index (κ1) is 31.5. The van der Waals surface area contributed by atoms with E-state index in [1.165, 1.54) is 10.8 Å². The molecule has 266 valence electrons. The largest absolute Gasteiger partial charge is 0.456 e. The Hall–Kier alpha value is -7.83. The SMILES string of the molecule is c1ccc(-c2nc(-c3ccccc3)nc(-c3cccc4oc5cccc(-c6cccc7oc8ccc(-n9c%10ccccc%10c%10ccccc%109)cc8c67)c5c34)n2)cc1. The van der Waals surface area contributed by atoms with Gasteiger partial charge in [-0.25, -0.2) is 15.0 Å². The third-order valence-corrected chi connectivity index (χ3v) is 11.1. The lowest BCUT2D eigenvalue weighted by molar-refractivity contribution is 0.668. The van der Waals surface area contributed by atoms with E-state index in [0.717, 1.165) is 88.4 Å². The highest BCUT2D eigenvalue weighted by molar-refractivity contribution is 6.22. The number of benzene rings is 8. The number of aromatic nitrogens is 4. The van der Waals surface area contributed by atoms with Crippen molar-refractivity contribution in [1.82, 2.24) is 19.5 Å². The first-order chi connectivity index (χ1) is 28.3. The summed E-state index contributed by atoms with van der Waals surface area (Å²) in [7, 11) is 0. The number of fused-ring (bicyclic) bond motifs is 9. The maximum absolute atomic E-state index is 6.64. The summed E-state index contributed by atoms with van der Waals surface area (Å²) in [6, 6.07) is 62.6. The van der Waals surface area contributed by atoms with E-state index in [4.69, 9.17) is 23.8 Å². The molecule has 0 N–H and O–H groups in total. The van der Waals surface area contributed by atoms with Crippen LogP contribution in [0.15, 0.2) is 191 Å². The summed E-state index contributed by atoms with van der Waals surface area (Å²) in [5.41, 5.74) is 11.4. The number of hydrogen-bond acceptors (Lipinski definition) is 5. The van der Waals surface area contributed by atoms with Gasteiger partial charge in [0.25, 0.3) is 0 Å². The van der Waals surface area contributed by atoms with Crippen molar-refractivity contribution in [1.29, 1.82) is 0 Å². The molecule has 8 aromatic carbocycles. The van der Waals surface area contributed by atoms with Gasteiger partial charge in [-0.3, -0.25) is 0 Å². The summed E-state index contributed by atoms with van der Waals surface area (Å²) in [5.74, 6) is 1.80. The zero-order valence-corrected chi connectivity index (χ0v) is 30.4. The minimum Gasteiger partial charge on any atom is -0.456 e. The molecule has 57 heavy (non-hydrogen) atoms. The standard InChI is InChI=1S/C51H30N4O2/c1-3-14-31(15-4-1)49-52-50(32-16-5-2-6-17-32)54-51(53-49)38-22-13-27-45-48(38)47-37(21-12-26-44(47)57-45)36-20-11-25-43-46(36)39-30-33(28-29-42(39)56-43)55-40-23-9-7-18-34(40)35-19-8-10-24-41(35)55/h1-30H. The molecule has 6 heteroatoms. The van der Waals surface area contributed by atoms with E-state index >= 15 is 0 Å². The lowest BCUT2D eigenvalue weighted by atomic mass is 9.94. The quantitative estimate of drug-likeness (QED) is 0.176. The highest BCUT2D eigenvalue weighted by Gasteiger charge is 2.22. The van der Waals surface area contributed by atoms with Crippen LogP contribution in [0.1, 0.15) is 0 Å². The zero-order chi connectivity index (χ0) is 37.5. The van der Waals surface area contributed by atoms with Crippen LogP contribution in [0.2, 0.25) is 0 Å². The van der Waals surface area contributed by atoms with Crippen LogP contribution in [0, 0.1) is 0 Å². The third-order valence-electron chi connectivity index (χ3n) is 11.1. The predicted octanol–water partition coefficient (Wildman–Crippen LogP) is 13.4. The molecule has 4 aromatic heterocycles. The zero-order valence-electron chi connectivity index (χ0n) is 30.4. The predicted molar refractivity (Wildman–Crippen MR) is 230 cm³/mol. The summed E-state index contributed by atoms with van der Waals surface area (Å²) < 4.78 is 15.6. The molecule has 0 unspecified atom stereocenters. The van der Waals surface area contributed by atoms with Gasteiger partial charge in [0.05, 0.1) is 11.0 Å². The Morgan fingerprint density at radius 3 is 1.42 bits per heavy atom. The molecule has 0 saturated carbocycles. The van der Waals surface area contributed by atoms with Crippen LogP contribution >= 0.6 is 0 Å². The van der Waals surface area contributed by atoms with Gasteiger partial charge in [-0.2, -0.15) is 0 Å². The monoisotopic (exact) mass is 730 g/mol. The van der Waals surface area contributed by atoms with Crippen LogP contribution in [-0.4, -0.2) is 19.5 Å². The highest BCUT2D eigenvalue weighted by atomic mass is 16.3. The average molecular weight is 731 g/mol. The minimum absolute atomic E-state index is 0.577. The molecule has 6 nitrogen and oxygen atoms in total. The van der Waals surface area contributed by atoms with Gasteiger partial charge in [0, 0.05) is 54.7 Å². The van der Waals surface area contributed by atoms with Gasteiger partial charge >= 0.3 is 0 Å². The van der Waals surface area contributed by atoms with E-state index in [1.54, 1.807) is 0 Å². The number of furan rings is 2. The molecule has 12 rings (SSSR count). The van der Waals surface area contributed by atoms with E-state index < -0.39 is 0 Å². The van der Waals surface area contributed by atoms with Gasteiger partial charge in [-0.1, -0.05) is 133 Å². The Balaban J connectivity index is 1.11. The van der Waals surface area contributed by atoms with Crippen LogP contribution in [0.4, 0.5) is 0 Å². The average Bonchev–Trinajstić information content (AvgIpc) is 3.96. The molecule has 0 aliphatic heterocycles.